The Labute approximate surface area is 167 Å². The van der Waals surface area contributed by atoms with E-state index in [0.717, 1.165) is 11.3 Å². The second-order valence-electron chi connectivity index (χ2n) is 5.66. The van der Waals surface area contributed by atoms with Crippen molar-refractivity contribution in [3.8, 4) is 11.3 Å². The fraction of sp³-hybridized carbons (Fsp3) is 0.111. The van der Waals surface area contributed by atoms with Crippen molar-refractivity contribution in [3.05, 3.63) is 51.8 Å². The lowest BCUT2D eigenvalue weighted by Gasteiger charge is -2.05. The number of halogens is 1. The first-order valence-electron chi connectivity index (χ1n) is 8.05. The molecule has 2 heterocycles. The number of rotatable bonds is 6. The van der Waals surface area contributed by atoms with E-state index in [0.29, 0.717) is 16.9 Å². The number of anilines is 2. The number of nitrogens with zero attached hydrogens (tertiary/aromatic N) is 1. The molecule has 3 aromatic rings. The van der Waals surface area contributed by atoms with Crippen LogP contribution < -0.4 is 16.0 Å². The van der Waals surface area contributed by atoms with E-state index >= 15 is 0 Å². The third-order valence-electron chi connectivity index (χ3n) is 3.51. The minimum Gasteiger partial charge on any atom is -0.343 e. The van der Waals surface area contributed by atoms with Crippen molar-refractivity contribution < 1.29 is 18.8 Å². The average Bonchev–Trinajstić information content (AvgIpc) is 3.31. The molecule has 0 saturated heterocycles. The number of carbonyl (C=O) groups is 3. The van der Waals surface area contributed by atoms with Gasteiger partial charge in [0, 0.05) is 34.5 Å². The number of carbonyl (C=O) groups excluding carboxylic acids is 3. The molecule has 0 bridgehead atoms. The number of hydrogen-bond acceptors (Lipinski definition) is 6. The van der Waals surface area contributed by atoms with Crippen LogP contribution in [0.25, 0.3) is 11.3 Å². The molecule has 2 aromatic heterocycles. The van der Waals surface area contributed by atoms with Gasteiger partial charge in [0.25, 0.3) is 5.91 Å². The summed E-state index contributed by atoms with van der Waals surface area (Å²) >= 11 is 2.53. The van der Waals surface area contributed by atoms with Crippen molar-refractivity contribution in [1.82, 2.24) is 10.3 Å². The molecule has 3 rings (SSSR count). The molecule has 3 amide bonds. The van der Waals surface area contributed by atoms with Crippen LogP contribution in [0.4, 0.5) is 15.2 Å². The lowest BCUT2D eigenvalue weighted by Crippen LogP contribution is -2.32. The Kier molecular flexibility index (Phi) is 6.12. The van der Waals surface area contributed by atoms with Crippen molar-refractivity contribution >= 4 is 51.2 Å². The fourth-order valence-electron chi connectivity index (χ4n) is 2.28. The molecule has 0 spiro atoms. The Bertz CT molecular complexity index is 1020. The summed E-state index contributed by atoms with van der Waals surface area (Å²) in [5, 5.41) is 12.9. The topological polar surface area (TPSA) is 100 Å². The molecule has 10 heteroatoms. The lowest BCUT2D eigenvalue weighted by molar-refractivity contribution is -0.115. The summed E-state index contributed by atoms with van der Waals surface area (Å²) in [7, 11) is 0. The summed E-state index contributed by atoms with van der Waals surface area (Å²) in [4.78, 5) is 39.0. The molecule has 0 unspecified atom stereocenters. The van der Waals surface area contributed by atoms with Crippen molar-refractivity contribution in [2.75, 3.05) is 17.2 Å². The highest BCUT2D eigenvalue weighted by molar-refractivity contribution is 7.14. The summed E-state index contributed by atoms with van der Waals surface area (Å²) in [5.41, 5.74) is 1.44. The van der Waals surface area contributed by atoms with Crippen molar-refractivity contribution in [2.24, 2.45) is 0 Å². The molecular formula is C18H15FN4O3S2. The minimum absolute atomic E-state index is 0.205. The predicted octanol–water partition coefficient (Wildman–Crippen LogP) is 3.34. The van der Waals surface area contributed by atoms with Crippen LogP contribution in [0.1, 0.15) is 17.3 Å². The van der Waals surface area contributed by atoms with Gasteiger partial charge in [-0.1, -0.05) is 0 Å². The van der Waals surface area contributed by atoms with Gasteiger partial charge in [0.15, 0.2) is 5.13 Å². The zero-order valence-electron chi connectivity index (χ0n) is 14.6. The third-order valence-corrected chi connectivity index (χ3v) is 4.95. The van der Waals surface area contributed by atoms with E-state index in [1.807, 2.05) is 0 Å². The highest BCUT2D eigenvalue weighted by atomic mass is 32.1. The van der Waals surface area contributed by atoms with E-state index < -0.39 is 11.7 Å². The van der Waals surface area contributed by atoms with Gasteiger partial charge in [-0.3, -0.25) is 14.4 Å². The van der Waals surface area contributed by atoms with Gasteiger partial charge in [0.05, 0.1) is 12.2 Å². The SMILES string of the molecule is CC(=O)Nc1ccc(-c2csc(NC(=O)CNC(=O)c3ccsc3)n2)c(F)c1. The van der Waals surface area contributed by atoms with Gasteiger partial charge in [-0.2, -0.15) is 11.3 Å². The molecule has 0 atom stereocenters. The molecule has 0 saturated carbocycles. The summed E-state index contributed by atoms with van der Waals surface area (Å²) in [6.07, 6.45) is 0. The Hall–Kier alpha value is -3.11. The smallest absolute Gasteiger partial charge is 0.252 e. The third kappa shape index (κ3) is 4.99. The minimum atomic E-state index is -0.544. The molecule has 0 fully saturated rings. The largest absolute Gasteiger partial charge is 0.343 e. The first-order valence-corrected chi connectivity index (χ1v) is 9.88. The van der Waals surface area contributed by atoms with Crippen LogP contribution in [-0.4, -0.2) is 29.3 Å². The van der Waals surface area contributed by atoms with Gasteiger partial charge in [0.1, 0.15) is 5.82 Å². The number of hydrogen-bond donors (Lipinski definition) is 3. The number of thiazole rings is 1. The van der Waals surface area contributed by atoms with Crippen LogP contribution >= 0.6 is 22.7 Å². The van der Waals surface area contributed by atoms with Crippen LogP contribution in [0.5, 0.6) is 0 Å². The highest BCUT2D eigenvalue weighted by Gasteiger charge is 2.13. The zero-order valence-corrected chi connectivity index (χ0v) is 16.2. The van der Waals surface area contributed by atoms with Crippen molar-refractivity contribution in [3.63, 3.8) is 0 Å². The predicted molar refractivity (Wildman–Crippen MR) is 107 cm³/mol. The Morgan fingerprint density at radius 3 is 2.64 bits per heavy atom. The molecule has 3 N–H and O–H groups in total. The summed E-state index contributed by atoms with van der Waals surface area (Å²) < 4.78 is 14.3. The number of nitrogens with one attached hydrogen (secondary N) is 3. The quantitative estimate of drug-likeness (QED) is 0.572. The van der Waals surface area contributed by atoms with Crippen LogP contribution in [0.2, 0.25) is 0 Å². The van der Waals surface area contributed by atoms with E-state index in [9.17, 15) is 18.8 Å². The molecule has 1 aromatic carbocycles. The van der Waals surface area contributed by atoms with E-state index in [4.69, 9.17) is 0 Å². The van der Waals surface area contributed by atoms with E-state index in [1.165, 1.54) is 30.4 Å². The van der Waals surface area contributed by atoms with Crippen molar-refractivity contribution in [2.45, 2.75) is 6.92 Å². The summed E-state index contributed by atoms with van der Waals surface area (Å²) in [6, 6.07) is 5.94. The van der Waals surface area contributed by atoms with Gasteiger partial charge in [-0.15, -0.1) is 11.3 Å². The maximum atomic E-state index is 14.3. The summed E-state index contributed by atoms with van der Waals surface area (Å²) in [5.74, 6) is -1.61. The number of amides is 3. The lowest BCUT2D eigenvalue weighted by atomic mass is 10.1. The fourth-order valence-corrected chi connectivity index (χ4v) is 3.64. The van der Waals surface area contributed by atoms with E-state index in [-0.39, 0.29) is 29.1 Å². The molecule has 7 nitrogen and oxygen atoms in total. The second-order valence-corrected chi connectivity index (χ2v) is 7.29. The molecule has 144 valence electrons. The molecular weight excluding hydrogens is 403 g/mol. The molecule has 0 radical (unpaired) electrons. The average molecular weight is 418 g/mol. The monoisotopic (exact) mass is 418 g/mol. The molecule has 0 aliphatic carbocycles. The van der Waals surface area contributed by atoms with Crippen molar-refractivity contribution in [1.29, 1.82) is 0 Å². The molecule has 0 aliphatic rings. The Morgan fingerprint density at radius 1 is 1.14 bits per heavy atom. The van der Waals surface area contributed by atoms with Gasteiger partial charge in [-0.05, 0) is 29.6 Å². The van der Waals surface area contributed by atoms with Crippen LogP contribution in [0.3, 0.4) is 0 Å². The number of aromatic nitrogens is 1. The van der Waals surface area contributed by atoms with Gasteiger partial charge in [-0.25, -0.2) is 9.37 Å². The maximum absolute atomic E-state index is 14.3. The zero-order chi connectivity index (χ0) is 20.1. The van der Waals surface area contributed by atoms with Gasteiger partial charge < -0.3 is 16.0 Å². The normalized spacial score (nSPS) is 10.4. The van der Waals surface area contributed by atoms with Crippen LogP contribution in [-0.2, 0) is 9.59 Å². The van der Waals surface area contributed by atoms with E-state index in [2.05, 4.69) is 20.9 Å². The maximum Gasteiger partial charge on any atom is 0.252 e. The first kappa shape index (κ1) is 19.6. The Morgan fingerprint density at radius 2 is 1.96 bits per heavy atom. The van der Waals surface area contributed by atoms with Gasteiger partial charge >= 0.3 is 0 Å². The van der Waals surface area contributed by atoms with Crippen LogP contribution in [0, 0.1) is 5.82 Å². The second kappa shape index (κ2) is 8.72. The highest BCUT2D eigenvalue weighted by Crippen LogP contribution is 2.28. The molecule has 28 heavy (non-hydrogen) atoms. The Balaban J connectivity index is 1.60. The first-order chi connectivity index (χ1) is 13.4. The number of thiophene rings is 1. The van der Waals surface area contributed by atoms with E-state index in [1.54, 1.807) is 28.3 Å². The molecule has 0 aliphatic heterocycles. The standard InChI is InChI=1S/C18H15FN4O3S2/c1-10(24)21-12-2-3-13(14(19)6-12)15-9-28-18(22-15)23-16(25)7-20-17(26)11-4-5-27-8-11/h2-6,8-9H,7H2,1H3,(H,20,26)(H,21,24)(H,22,23,25). The summed E-state index contributed by atoms with van der Waals surface area (Å²) in [6.45, 7) is 1.13. The number of benzene rings is 1. The van der Waals surface area contributed by atoms with Gasteiger partial charge in [0.2, 0.25) is 11.8 Å². The van der Waals surface area contributed by atoms with Crippen LogP contribution in [0.15, 0.2) is 40.4 Å².